The average Bonchev–Trinajstić information content (AvgIpc) is 3.14. The topological polar surface area (TPSA) is 40.6 Å². The van der Waals surface area contributed by atoms with E-state index in [0.717, 1.165) is 16.7 Å². The van der Waals surface area contributed by atoms with Gasteiger partial charge in [-0.05, 0) is 31.0 Å². The van der Waals surface area contributed by atoms with E-state index in [1.165, 1.54) is 17.1 Å². The highest BCUT2D eigenvalue weighted by molar-refractivity contribution is 9.10. The number of likely N-dealkylation sites (N-methyl/N-ethyl adjacent to an activating group) is 1. The molecule has 0 unspecified atom stereocenters. The first-order valence-electron chi connectivity index (χ1n) is 6.03. The van der Waals surface area contributed by atoms with Gasteiger partial charge in [0.2, 0.25) is 10.0 Å². The van der Waals surface area contributed by atoms with Crippen LogP contribution >= 0.6 is 15.9 Å². The lowest BCUT2D eigenvalue weighted by molar-refractivity contribution is 0.478. The minimum absolute atomic E-state index is 0.420. The fourth-order valence-corrected chi connectivity index (χ4v) is 4.25. The van der Waals surface area contributed by atoms with Crippen LogP contribution in [0, 0.1) is 0 Å². The molecule has 4 nitrogen and oxygen atoms in total. The Balaban J connectivity index is 2.19. The minimum atomic E-state index is -3.36. The molecule has 0 saturated heterocycles. The van der Waals surface area contributed by atoms with Crippen LogP contribution in [0.25, 0.3) is 0 Å². The van der Waals surface area contributed by atoms with Crippen LogP contribution < -0.4 is 4.90 Å². The van der Waals surface area contributed by atoms with E-state index < -0.39 is 10.0 Å². The number of rotatable bonds is 1. The summed E-state index contributed by atoms with van der Waals surface area (Å²) < 4.78 is 27.1. The zero-order valence-electron chi connectivity index (χ0n) is 10.1. The van der Waals surface area contributed by atoms with Gasteiger partial charge in [-0.1, -0.05) is 15.9 Å². The van der Waals surface area contributed by atoms with E-state index in [0.29, 0.717) is 17.5 Å². The number of nitrogens with zero attached hydrogens (tertiary/aromatic N) is 2. The van der Waals surface area contributed by atoms with Crippen molar-refractivity contribution in [1.82, 2.24) is 4.31 Å². The second-order valence-electron chi connectivity index (χ2n) is 4.86. The predicted molar refractivity (Wildman–Crippen MR) is 74.3 cm³/mol. The van der Waals surface area contributed by atoms with Crippen molar-refractivity contribution in [3.63, 3.8) is 0 Å². The Morgan fingerprint density at radius 1 is 1.28 bits per heavy atom. The molecule has 0 aromatic heterocycles. The summed E-state index contributed by atoms with van der Waals surface area (Å²) in [4.78, 5) is 2.66. The van der Waals surface area contributed by atoms with Crippen molar-refractivity contribution >= 4 is 31.6 Å². The Morgan fingerprint density at radius 2 is 2.00 bits per heavy atom. The molecule has 0 atom stereocenters. The summed E-state index contributed by atoms with van der Waals surface area (Å²) in [5, 5.41) is 0. The molecule has 0 bridgehead atoms. The second-order valence-corrected chi connectivity index (χ2v) is 7.79. The van der Waals surface area contributed by atoms with Crippen molar-refractivity contribution in [3.05, 3.63) is 22.7 Å². The molecule has 98 valence electrons. The minimum Gasteiger partial charge on any atom is -0.366 e. The van der Waals surface area contributed by atoms with E-state index in [-0.39, 0.29) is 0 Å². The lowest BCUT2D eigenvalue weighted by Gasteiger charge is -2.23. The van der Waals surface area contributed by atoms with Crippen LogP contribution in [0.15, 0.2) is 27.6 Å². The van der Waals surface area contributed by atoms with Gasteiger partial charge < -0.3 is 4.90 Å². The van der Waals surface area contributed by atoms with Crippen LogP contribution in [0.1, 0.15) is 12.8 Å². The molecule has 0 amide bonds. The average molecular weight is 331 g/mol. The first kappa shape index (κ1) is 12.4. The van der Waals surface area contributed by atoms with E-state index in [1.807, 2.05) is 12.1 Å². The summed E-state index contributed by atoms with van der Waals surface area (Å²) >= 11 is 3.36. The maximum absolute atomic E-state index is 12.4. The highest BCUT2D eigenvalue weighted by Crippen LogP contribution is 2.38. The van der Waals surface area contributed by atoms with E-state index in [4.69, 9.17) is 0 Å². The summed E-state index contributed by atoms with van der Waals surface area (Å²) in [6.45, 7) is 1.32. The van der Waals surface area contributed by atoms with Gasteiger partial charge in [-0.3, -0.25) is 0 Å². The first-order chi connectivity index (χ1) is 8.50. The lowest BCUT2D eigenvalue weighted by atomic mass is 10.2. The van der Waals surface area contributed by atoms with Crippen molar-refractivity contribution in [2.45, 2.75) is 23.8 Å². The van der Waals surface area contributed by atoms with Gasteiger partial charge in [0.1, 0.15) is 4.90 Å². The van der Waals surface area contributed by atoms with E-state index >= 15 is 0 Å². The number of benzene rings is 1. The van der Waals surface area contributed by atoms with Crippen molar-refractivity contribution in [3.8, 4) is 0 Å². The Morgan fingerprint density at radius 3 is 2.67 bits per heavy atom. The van der Waals surface area contributed by atoms with Gasteiger partial charge in [0, 0.05) is 30.7 Å². The maximum Gasteiger partial charge on any atom is 0.244 e. The highest BCUT2D eigenvalue weighted by atomic mass is 79.9. The van der Waals surface area contributed by atoms with Gasteiger partial charge in [0.25, 0.3) is 0 Å². The van der Waals surface area contributed by atoms with Gasteiger partial charge in [0.15, 0.2) is 0 Å². The Bertz CT molecular complexity index is 584. The third kappa shape index (κ3) is 1.96. The molecule has 1 aromatic rings. The fraction of sp³-hybridized carbons (Fsp3) is 0.500. The zero-order valence-corrected chi connectivity index (χ0v) is 12.5. The summed E-state index contributed by atoms with van der Waals surface area (Å²) in [5.74, 6) is 0. The fourth-order valence-electron chi connectivity index (χ4n) is 2.35. The molecular weight excluding hydrogens is 316 g/mol. The van der Waals surface area contributed by atoms with Crippen molar-refractivity contribution in [2.24, 2.45) is 0 Å². The molecule has 3 rings (SSSR count). The molecule has 1 heterocycles. The monoisotopic (exact) mass is 330 g/mol. The van der Waals surface area contributed by atoms with Gasteiger partial charge >= 0.3 is 0 Å². The highest BCUT2D eigenvalue weighted by Gasteiger charge is 2.36. The Labute approximate surface area is 116 Å². The number of fused-ring (bicyclic) bond motifs is 1. The van der Waals surface area contributed by atoms with Crippen molar-refractivity contribution < 1.29 is 8.42 Å². The van der Waals surface area contributed by atoms with Crippen LogP contribution in [0.2, 0.25) is 0 Å². The van der Waals surface area contributed by atoms with E-state index in [9.17, 15) is 8.42 Å². The van der Waals surface area contributed by atoms with Crippen LogP contribution in [0.4, 0.5) is 5.69 Å². The van der Waals surface area contributed by atoms with Gasteiger partial charge in [-0.25, -0.2) is 8.42 Å². The SMILES string of the molecule is CN1CCN(C2CC2)c2ccc(Br)cc2S1(=O)=O. The molecule has 1 saturated carbocycles. The van der Waals surface area contributed by atoms with Crippen LogP contribution in [-0.2, 0) is 10.0 Å². The number of halogens is 1. The van der Waals surface area contributed by atoms with Gasteiger partial charge in [-0.2, -0.15) is 4.31 Å². The molecule has 0 spiro atoms. The second kappa shape index (κ2) is 4.21. The maximum atomic E-state index is 12.4. The quantitative estimate of drug-likeness (QED) is 0.791. The summed E-state index contributed by atoms with van der Waals surface area (Å²) in [5.41, 5.74) is 0.852. The van der Waals surface area contributed by atoms with Gasteiger partial charge in [-0.15, -0.1) is 0 Å². The van der Waals surface area contributed by atoms with Crippen LogP contribution in [0.3, 0.4) is 0 Å². The molecule has 6 heteroatoms. The number of hydrogen-bond donors (Lipinski definition) is 0. The van der Waals surface area contributed by atoms with Crippen molar-refractivity contribution in [2.75, 3.05) is 25.0 Å². The standard InChI is InChI=1S/C12H15BrN2O2S/c1-14-6-7-15(10-3-4-10)11-5-2-9(13)8-12(11)18(14,16)17/h2,5,8,10H,3-4,6-7H2,1H3. The van der Waals surface area contributed by atoms with Crippen LogP contribution in [0.5, 0.6) is 0 Å². The number of sulfonamides is 1. The largest absolute Gasteiger partial charge is 0.366 e. The third-order valence-corrected chi connectivity index (χ3v) is 5.94. The molecule has 2 aliphatic rings. The smallest absolute Gasteiger partial charge is 0.244 e. The zero-order chi connectivity index (χ0) is 12.9. The number of anilines is 1. The normalized spacial score (nSPS) is 23.6. The van der Waals surface area contributed by atoms with E-state index in [2.05, 4.69) is 20.8 Å². The van der Waals surface area contributed by atoms with Crippen molar-refractivity contribution in [1.29, 1.82) is 0 Å². The van der Waals surface area contributed by atoms with Gasteiger partial charge in [0.05, 0.1) is 5.69 Å². The van der Waals surface area contributed by atoms with E-state index in [1.54, 1.807) is 13.1 Å². The molecule has 1 aromatic carbocycles. The number of hydrogen-bond acceptors (Lipinski definition) is 3. The molecule has 0 N–H and O–H groups in total. The molecule has 1 aliphatic heterocycles. The van der Waals surface area contributed by atoms with Crippen LogP contribution in [-0.4, -0.2) is 38.9 Å². The third-order valence-electron chi connectivity index (χ3n) is 3.56. The summed E-state index contributed by atoms with van der Waals surface area (Å²) in [6, 6.07) is 6.05. The molecule has 0 radical (unpaired) electrons. The lowest BCUT2D eigenvalue weighted by Crippen LogP contribution is -2.32. The first-order valence-corrected chi connectivity index (χ1v) is 8.26. The Kier molecular flexibility index (Phi) is 2.91. The Hall–Kier alpha value is -0.590. The molecule has 18 heavy (non-hydrogen) atoms. The molecular formula is C12H15BrN2O2S. The molecule has 1 fully saturated rings. The molecule has 1 aliphatic carbocycles. The summed E-state index contributed by atoms with van der Waals surface area (Å²) in [7, 11) is -1.71. The predicted octanol–water partition coefficient (Wildman–Crippen LogP) is 2.05. The summed E-state index contributed by atoms with van der Waals surface area (Å²) in [6.07, 6.45) is 2.33.